The van der Waals surface area contributed by atoms with E-state index in [0.717, 1.165) is 69.6 Å². The molecule has 1 saturated carbocycles. The van der Waals surface area contributed by atoms with Gasteiger partial charge in [-0.15, -0.1) is 10.2 Å². The quantitative estimate of drug-likeness (QED) is 0.374. The van der Waals surface area contributed by atoms with Crippen molar-refractivity contribution in [2.24, 2.45) is 0 Å². The Bertz CT molecular complexity index is 1540. The van der Waals surface area contributed by atoms with Crippen molar-refractivity contribution < 1.29 is 9.90 Å². The molecule has 7 nitrogen and oxygen atoms in total. The van der Waals surface area contributed by atoms with Gasteiger partial charge in [-0.2, -0.15) is 0 Å². The maximum Gasteiger partial charge on any atom is 0.405 e. The van der Waals surface area contributed by atoms with Gasteiger partial charge < -0.3 is 10.4 Å². The van der Waals surface area contributed by atoms with Crippen LogP contribution in [-0.2, 0) is 5.54 Å². The zero-order valence-electron chi connectivity index (χ0n) is 18.7. The van der Waals surface area contributed by atoms with E-state index in [4.69, 9.17) is 4.98 Å². The van der Waals surface area contributed by atoms with Crippen LogP contribution in [0.4, 0.5) is 4.79 Å². The summed E-state index contributed by atoms with van der Waals surface area (Å²) in [5.74, 6) is 0.831. The zero-order chi connectivity index (χ0) is 23.3. The second kappa shape index (κ2) is 7.66. The molecule has 0 bridgehead atoms. The van der Waals surface area contributed by atoms with Crippen LogP contribution in [0.15, 0.2) is 72.9 Å². The predicted octanol–water partition coefficient (Wildman–Crippen LogP) is 5.57. The summed E-state index contributed by atoms with van der Waals surface area (Å²) >= 11 is 0. The van der Waals surface area contributed by atoms with Gasteiger partial charge in [0.05, 0.1) is 16.7 Å². The summed E-state index contributed by atoms with van der Waals surface area (Å²) in [6.45, 7) is 1.93. The number of hydrogen-bond donors (Lipinski definition) is 2. The van der Waals surface area contributed by atoms with E-state index in [9.17, 15) is 9.90 Å². The van der Waals surface area contributed by atoms with Crippen molar-refractivity contribution in [3.63, 3.8) is 0 Å². The molecule has 1 amide bonds. The van der Waals surface area contributed by atoms with Crippen molar-refractivity contribution in [3.8, 4) is 22.4 Å². The lowest BCUT2D eigenvalue weighted by molar-refractivity contribution is 0.144. The minimum Gasteiger partial charge on any atom is -0.465 e. The first-order valence-electron chi connectivity index (χ1n) is 11.4. The molecule has 3 aromatic heterocycles. The van der Waals surface area contributed by atoms with E-state index in [1.807, 2.05) is 66.1 Å². The van der Waals surface area contributed by atoms with Gasteiger partial charge in [0, 0.05) is 22.7 Å². The molecule has 34 heavy (non-hydrogen) atoms. The third-order valence-corrected chi connectivity index (χ3v) is 6.89. The summed E-state index contributed by atoms with van der Waals surface area (Å²) in [5, 5.41) is 21.6. The minimum atomic E-state index is -0.985. The molecule has 5 aromatic rings. The Kier molecular flexibility index (Phi) is 4.58. The van der Waals surface area contributed by atoms with Crippen LogP contribution in [0.2, 0.25) is 0 Å². The van der Waals surface area contributed by atoms with Crippen LogP contribution in [0.5, 0.6) is 0 Å². The Morgan fingerprint density at radius 2 is 1.76 bits per heavy atom. The Morgan fingerprint density at radius 3 is 2.44 bits per heavy atom. The molecule has 0 unspecified atom stereocenters. The number of nitrogens with zero attached hydrogens (tertiary/aromatic N) is 4. The molecule has 6 rings (SSSR count). The number of benzene rings is 2. The molecule has 1 fully saturated rings. The molecule has 0 atom stereocenters. The summed E-state index contributed by atoms with van der Waals surface area (Å²) in [7, 11) is 0. The van der Waals surface area contributed by atoms with Crippen molar-refractivity contribution in [1.29, 1.82) is 0 Å². The summed E-state index contributed by atoms with van der Waals surface area (Å²) in [6, 6.07) is 22.5. The van der Waals surface area contributed by atoms with Crippen molar-refractivity contribution >= 4 is 22.6 Å². The van der Waals surface area contributed by atoms with Crippen LogP contribution in [0.25, 0.3) is 38.9 Å². The fourth-order valence-corrected chi connectivity index (χ4v) is 4.94. The molecule has 1 aliphatic rings. The second-order valence-corrected chi connectivity index (χ2v) is 8.88. The van der Waals surface area contributed by atoms with Gasteiger partial charge in [0.2, 0.25) is 0 Å². The fourth-order valence-electron chi connectivity index (χ4n) is 4.94. The van der Waals surface area contributed by atoms with E-state index in [-0.39, 0.29) is 0 Å². The maximum atomic E-state index is 11.4. The molecule has 0 radical (unpaired) electrons. The first-order chi connectivity index (χ1) is 16.5. The molecule has 2 aromatic carbocycles. The van der Waals surface area contributed by atoms with Gasteiger partial charge in [-0.05, 0) is 49.4 Å². The minimum absolute atomic E-state index is 0.486. The third kappa shape index (κ3) is 3.20. The van der Waals surface area contributed by atoms with Crippen LogP contribution in [0, 0.1) is 6.92 Å². The summed E-state index contributed by atoms with van der Waals surface area (Å²) in [4.78, 5) is 16.4. The van der Waals surface area contributed by atoms with Gasteiger partial charge in [-0.3, -0.25) is 4.40 Å². The normalized spacial score (nSPS) is 14.7. The Hall–Kier alpha value is -4.26. The molecule has 168 valence electrons. The molecule has 0 aliphatic heterocycles. The number of hydrogen-bond acceptors (Lipinski definition) is 4. The van der Waals surface area contributed by atoms with E-state index in [1.54, 1.807) is 0 Å². The highest BCUT2D eigenvalue weighted by Gasteiger charge is 2.40. The number of nitrogens with one attached hydrogen (secondary N) is 1. The lowest BCUT2D eigenvalue weighted by Gasteiger charge is -2.42. The fraction of sp³-hybridized carbons (Fsp3) is 0.185. The lowest BCUT2D eigenvalue weighted by Crippen LogP contribution is -2.50. The van der Waals surface area contributed by atoms with Crippen LogP contribution < -0.4 is 5.32 Å². The first kappa shape index (κ1) is 20.4. The second-order valence-electron chi connectivity index (χ2n) is 8.88. The van der Waals surface area contributed by atoms with Gasteiger partial charge >= 0.3 is 6.09 Å². The average Bonchev–Trinajstić information content (AvgIpc) is 3.22. The number of aromatic nitrogens is 4. The highest BCUT2D eigenvalue weighted by Crippen LogP contribution is 2.42. The summed E-state index contributed by atoms with van der Waals surface area (Å²) < 4.78 is 1.97. The SMILES string of the molecule is Cc1nnc2c3cc(-c4ccccc4)c(-c4ccc(C5(NC(=O)O)CCC5)cc4)nc3ccn12. The summed E-state index contributed by atoms with van der Waals surface area (Å²) in [6.07, 6.45) is 3.61. The third-order valence-electron chi connectivity index (χ3n) is 6.89. The van der Waals surface area contributed by atoms with E-state index in [0.29, 0.717) is 0 Å². The van der Waals surface area contributed by atoms with Gasteiger partial charge in [0.15, 0.2) is 5.65 Å². The van der Waals surface area contributed by atoms with Crippen LogP contribution in [0.3, 0.4) is 0 Å². The van der Waals surface area contributed by atoms with E-state index in [2.05, 4.69) is 33.7 Å². The predicted molar refractivity (Wildman–Crippen MR) is 131 cm³/mol. The molecule has 1 aliphatic carbocycles. The summed E-state index contributed by atoms with van der Waals surface area (Å²) in [5.41, 5.74) is 6.07. The molecular weight excluding hydrogens is 426 g/mol. The molecule has 0 spiro atoms. The first-order valence-corrected chi connectivity index (χ1v) is 11.4. The van der Waals surface area contributed by atoms with Crippen LogP contribution in [-0.4, -0.2) is 30.8 Å². The lowest BCUT2D eigenvalue weighted by atomic mass is 9.71. The maximum absolute atomic E-state index is 11.4. The molecule has 0 saturated heterocycles. The van der Waals surface area contributed by atoms with E-state index < -0.39 is 11.6 Å². The van der Waals surface area contributed by atoms with Gasteiger partial charge in [-0.1, -0.05) is 54.6 Å². The highest BCUT2D eigenvalue weighted by atomic mass is 16.4. The monoisotopic (exact) mass is 449 g/mol. The standard InChI is InChI=1S/C27H23N5O2/c1-17-30-31-25-22-16-21(18-6-3-2-4-7-18)24(28-23(22)12-15-32(17)25)19-8-10-20(11-9-19)27(13-5-14-27)29-26(33)34/h2-4,6-12,15-16,29H,5,13-14H2,1H3,(H,33,34). The molecular formula is C27H23N5O2. The van der Waals surface area contributed by atoms with Gasteiger partial charge in [-0.25, -0.2) is 9.78 Å². The number of carbonyl (C=O) groups is 1. The van der Waals surface area contributed by atoms with Crippen LogP contribution in [0.1, 0.15) is 30.7 Å². The van der Waals surface area contributed by atoms with E-state index in [1.165, 1.54) is 0 Å². The van der Waals surface area contributed by atoms with E-state index >= 15 is 0 Å². The van der Waals surface area contributed by atoms with Gasteiger partial charge in [0.25, 0.3) is 0 Å². The molecule has 3 heterocycles. The number of pyridine rings is 2. The Morgan fingerprint density at radius 1 is 1.00 bits per heavy atom. The van der Waals surface area contributed by atoms with Crippen molar-refractivity contribution in [3.05, 3.63) is 84.3 Å². The number of fused-ring (bicyclic) bond motifs is 3. The average molecular weight is 450 g/mol. The van der Waals surface area contributed by atoms with Crippen molar-refractivity contribution in [1.82, 2.24) is 24.9 Å². The largest absolute Gasteiger partial charge is 0.465 e. The van der Waals surface area contributed by atoms with Crippen molar-refractivity contribution in [2.75, 3.05) is 0 Å². The number of aryl methyl sites for hydroxylation is 1. The Labute approximate surface area is 196 Å². The number of rotatable bonds is 4. The molecule has 7 heteroatoms. The topological polar surface area (TPSA) is 92.4 Å². The zero-order valence-corrected chi connectivity index (χ0v) is 18.7. The Balaban J connectivity index is 1.52. The van der Waals surface area contributed by atoms with Crippen LogP contribution >= 0.6 is 0 Å². The number of carboxylic acid groups (broad SMARTS) is 1. The van der Waals surface area contributed by atoms with Gasteiger partial charge in [0.1, 0.15) is 5.82 Å². The smallest absolute Gasteiger partial charge is 0.405 e. The number of amides is 1. The molecule has 2 N–H and O–H groups in total. The highest BCUT2D eigenvalue weighted by molar-refractivity contribution is 5.98. The van der Waals surface area contributed by atoms with Crippen molar-refractivity contribution in [2.45, 2.75) is 31.7 Å².